The summed E-state index contributed by atoms with van der Waals surface area (Å²) in [6.45, 7) is 4.00. The van der Waals surface area contributed by atoms with Crippen molar-refractivity contribution in [1.29, 1.82) is 0 Å². The van der Waals surface area contributed by atoms with Gasteiger partial charge in [0.15, 0.2) is 0 Å². The minimum Gasteiger partial charge on any atom is -0.391 e. The molecular weight excluding hydrogens is 191 g/mol. The predicted octanol–water partition coefficient (Wildman–Crippen LogP) is 3.40. The van der Waals surface area contributed by atoms with Crippen molar-refractivity contribution in [1.82, 2.24) is 5.32 Å². The highest BCUT2D eigenvalue weighted by atomic mass is 19.4. The maximum absolute atomic E-state index is 12.1. The molecular formula is C10H16F3N. The third-order valence-corrected chi connectivity index (χ3v) is 1.76. The Hall–Kier alpha value is -0.930. The first kappa shape index (κ1) is 13.1. The predicted molar refractivity (Wildman–Crippen MR) is 51.9 cm³/mol. The van der Waals surface area contributed by atoms with Crippen LogP contribution in [0.5, 0.6) is 0 Å². The van der Waals surface area contributed by atoms with Gasteiger partial charge in [-0.1, -0.05) is 19.9 Å². The van der Waals surface area contributed by atoms with Crippen LogP contribution in [0.3, 0.4) is 0 Å². The molecule has 0 unspecified atom stereocenters. The van der Waals surface area contributed by atoms with Crippen molar-refractivity contribution in [3.8, 4) is 0 Å². The van der Waals surface area contributed by atoms with Crippen molar-refractivity contribution in [3.63, 3.8) is 0 Å². The van der Waals surface area contributed by atoms with Crippen molar-refractivity contribution in [2.75, 3.05) is 7.05 Å². The van der Waals surface area contributed by atoms with Gasteiger partial charge in [0.1, 0.15) is 0 Å². The molecule has 0 aromatic heterocycles. The molecule has 0 bridgehead atoms. The average molecular weight is 207 g/mol. The minimum atomic E-state index is -4.21. The van der Waals surface area contributed by atoms with E-state index in [-0.39, 0.29) is 0 Å². The number of hydrogen-bond acceptors (Lipinski definition) is 1. The van der Waals surface area contributed by atoms with Gasteiger partial charge in [-0.3, -0.25) is 0 Å². The van der Waals surface area contributed by atoms with Crippen LogP contribution < -0.4 is 5.32 Å². The van der Waals surface area contributed by atoms with Crippen LogP contribution in [0.1, 0.15) is 26.7 Å². The van der Waals surface area contributed by atoms with E-state index in [1.807, 2.05) is 13.8 Å². The number of halogens is 3. The monoisotopic (exact) mass is 207 g/mol. The first-order chi connectivity index (χ1) is 6.54. The fraction of sp³-hybridized carbons (Fsp3) is 0.600. The van der Waals surface area contributed by atoms with Gasteiger partial charge in [-0.25, -0.2) is 0 Å². The number of allylic oxidation sites excluding steroid dienone is 4. The van der Waals surface area contributed by atoms with E-state index in [9.17, 15) is 13.2 Å². The maximum atomic E-state index is 12.1. The van der Waals surface area contributed by atoms with Crippen molar-refractivity contribution < 1.29 is 13.2 Å². The molecule has 1 N–H and O–H groups in total. The molecule has 1 aliphatic carbocycles. The van der Waals surface area contributed by atoms with E-state index in [0.29, 0.717) is 18.5 Å². The molecule has 0 aliphatic heterocycles. The fourth-order valence-electron chi connectivity index (χ4n) is 1.10. The van der Waals surface area contributed by atoms with E-state index in [4.69, 9.17) is 0 Å². The van der Waals surface area contributed by atoms with E-state index in [2.05, 4.69) is 5.32 Å². The molecule has 0 aromatic rings. The molecule has 0 atom stereocenters. The molecule has 1 aliphatic rings. The Bertz CT molecular complexity index is 226. The van der Waals surface area contributed by atoms with Crippen LogP contribution >= 0.6 is 0 Å². The second-order valence-electron chi connectivity index (χ2n) is 2.62. The van der Waals surface area contributed by atoms with Crippen LogP contribution in [0.2, 0.25) is 0 Å². The summed E-state index contributed by atoms with van der Waals surface area (Å²) in [5.74, 6) is 0. The van der Waals surface area contributed by atoms with Gasteiger partial charge in [-0.2, -0.15) is 13.2 Å². The number of rotatable bonds is 1. The van der Waals surface area contributed by atoms with Crippen LogP contribution in [0, 0.1) is 0 Å². The largest absolute Gasteiger partial charge is 0.416 e. The molecule has 0 fully saturated rings. The third kappa shape index (κ3) is 3.85. The summed E-state index contributed by atoms with van der Waals surface area (Å²) in [5, 5.41) is 2.73. The van der Waals surface area contributed by atoms with Gasteiger partial charge in [0, 0.05) is 12.7 Å². The van der Waals surface area contributed by atoms with Gasteiger partial charge in [0.25, 0.3) is 0 Å². The summed E-state index contributed by atoms with van der Waals surface area (Å²) in [7, 11) is 1.63. The molecule has 1 rings (SSSR count). The first-order valence-electron chi connectivity index (χ1n) is 4.69. The van der Waals surface area contributed by atoms with Gasteiger partial charge in [0.2, 0.25) is 0 Å². The summed E-state index contributed by atoms with van der Waals surface area (Å²) in [6.07, 6.45) is -0.704. The highest BCUT2D eigenvalue weighted by molar-refractivity contribution is 5.30. The molecule has 0 saturated carbocycles. The van der Waals surface area contributed by atoms with E-state index in [1.165, 1.54) is 6.08 Å². The highest BCUT2D eigenvalue weighted by Gasteiger charge is 2.32. The van der Waals surface area contributed by atoms with E-state index >= 15 is 0 Å². The van der Waals surface area contributed by atoms with Gasteiger partial charge >= 0.3 is 6.18 Å². The Morgan fingerprint density at radius 2 is 1.86 bits per heavy atom. The lowest BCUT2D eigenvalue weighted by atomic mass is 10.0. The smallest absolute Gasteiger partial charge is 0.391 e. The molecule has 0 saturated heterocycles. The molecule has 0 spiro atoms. The van der Waals surface area contributed by atoms with Gasteiger partial charge < -0.3 is 5.32 Å². The summed E-state index contributed by atoms with van der Waals surface area (Å²) < 4.78 is 36.3. The average Bonchev–Trinajstić information content (AvgIpc) is 2.20. The number of nitrogens with one attached hydrogen (secondary N) is 1. The maximum Gasteiger partial charge on any atom is 0.416 e. The zero-order valence-corrected chi connectivity index (χ0v) is 8.70. The first-order valence-corrected chi connectivity index (χ1v) is 4.69. The number of alkyl halides is 3. The van der Waals surface area contributed by atoms with Gasteiger partial charge in [0.05, 0.1) is 5.57 Å². The highest BCUT2D eigenvalue weighted by Crippen LogP contribution is 2.30. The number of hydrogen-bond donors (Lipinski definition) is 1. The van der Waals surface area contributed by atoms with Crippen molar-refractivity contribution in [3.05, 3.63) is 23.4 Å². The van der Waals surface area contributed by atoms with Crippen LogP contribution in [0.15, 0.2) is 23.4 Å². The second-order valence-corrected chi connectivity index (χ2v) is 2.62. The Kier molecular flexibility index (Phi) is 5.35. The SMILES string of the molecule is CC.CNC1=CC(C(F)(F)F)=CCC1. The Balaban J connectivity index is 0.000000791. The molecule has 0 amide bonds. The van der Waals surface area contributed by atoms with Gasteiger partial charge in [-0.15, -0.1) is 0 Å². The zero-order chi connectivity index (χ0) is 11.2. The lowest BCUT2D eigenvalue weighted by Gasteiger charge is -2.15. The fourth-order valence-corrected chi connectivity index (χ4v) is 1.10. The lowest BCUT2D eigenvalue weighted by Crippen LogP contribution is -2.16. The Morgan fingerprint density at radius 3 is 2.29 bits per heavy atom. The van der Waals surface area contributed by atoms with Crippen molar-refractivity contribution in [2.45, 2.75) is 32.9 Å². The molecule has 1 nitrogen and oxygen atoms in total. The lowest BCUT2D eigenvalue weighted by molar-refractivity contribution is -0.0887. The molecule has 0 heterocycles. The molecule has 82 valence electrons. The van der Waals surface area contributed by atoms with E-state index < -0.39 is 11.7 Å². The standard InChI is InChI=1S/C8H10F3N.C2H6/c1-12-7-4-2-3-6(5-7)8(9,10)11;1-2/h3,5,12H,2,4H2,1H3;1-2H3. The third-order valence-electron chi connectivity index (χ3n) is 1.76. The summed E-state index contributed by atoms with van der Waals surface area (Å²) in [5.41, 5.74) is 0.0999. The van der Waals surface area contributed by atoms with E-state index in [0.717, 1.165) is 6.08 Å². The molecule has 0 aromatic carbocycles. The summed E-state index contributed by atoms with van der Waals surface area (Å²) >= 11 is 0. The van der Waals surface area contributed by atoms with Crippen LogP contribution in [0.4, 0.5) is 13.2 Å². The molecule has 14 heavy (non-hydrogen) atoms. The van der Waals surface area contributed by atoms with Crippen LogP contribution in [0.25, 0.3) is 0 Å². The van der Waals surface area contributed by atoms with Crippen molar-refractivity contribution in [2.24, 2.45) is 0 Å². The van der Waals surface area contributed by atoms with E-state index in [1.54, 1.807) is 7.05 Å². The van der Waals surface area contributed by atoms with Gasteiger partial charge in [-0.05, 0) is 18.9 Å². The minimum absolute atomic E-state index is 0.460. The Morgan fingerprint density at radius 1 is 1.29 bits per heavy atom. The quantitative estimate of drug-likeness (QED) is 0.694. The van der Waals surface area contributed by atoms with Crippen LogP contribution in [-0.2, 0) is 0 Å². The Labute approximate surface area is 82.7 Å². The second kappa shape index (κ2) is 5.73. The van der Waals surface area contributed by atoms with Crippen LogP contribution in [-0.4, -0.2) is 13.2 Å². The molecule has 4 heteroatoms. The summed E-state index contributed by atoms with van der Waals surface area (Å²) in [4.78, 5) is 0. The molecule has 0 radical (unpaired) electrons. The van der Waals surface area contributed by atoms with Crippen molar-refractivity contribution >= 4 is 0 Å². The topological polar surface area (TPSA) is 12.0 Å². The zero-order valence-electron chi connectivity index (χ0n) is 8.70. The summed E-state index contributed by atoms with van der Waals surface area (Å²) in [6, 6.07) is 0. The normalized spacial score (nSPS) is 16.1.